The Morgan fingerprint density at radius 1 is 1.00 bits per heavy atom. The molecule has 1 aliphatic heterocycles. The molecule has 3 nitrogen and oxygen atoms in total. The average Bonchev–Trinajstić information content (AvgIpc) is 3.32. The molecule has 0 saturated carbocycles. The lowest BCUT2D eigenvalue weighted by Crippen LogP contribution is -1.89. The van der Waals surface area contributed by atoms with Crippen LogP contribution >= 0.6 is 11.8 Å². The summed E-state index contributed by atoms with van der Waals surface area (Å²) >= 11 is 1.72. The van der Waals surface area contributed by atoms with Crippen molar-refractivity contribution in [1.82, 2.24) is 9.97 Å². The third-order valence-electron chi connectivity index (χ3n) is 3.60. The van der Waals surface area contributed by atoms with Crippen LogP contribution < -0.4 is 0 Å². The van der Waals surface area contributed by atoms with Gasteiger partial charge in [-0.1, -0.05) is 72.4 Å². The maximum atomic E-state index is 5.27. The molecule has 0 radical (unpaired) electrons. The monoisotopic (exact) mass is 308 g/mol. The second kappa shape index (κ2) is 5.99. The van der Waals surface area contributed by atoms with Crippen LogP contribution in [0.25, 0.3) is 22.5 Å². The molecule has 1 atom stereocenters. The Hall–Kier alpha value is -2.04. The normalized spacial score (nSPS) is 16.6. The molecule has 1 saturated heterocycles. The van der Waals surface area contributed by atoms with E-state index in [4.69, 9.17) is 9.72 Å². The predicted molar refractivity (Wildman–Crippen MR) is 89.9 cm³/mol. The van der Waals surface area contributed by atoms with Gasteiger partial charge in [0, 0.05) is 16.9 Å². The molecule has 0 bridgehead atoms. The maximum absolute atomic E-state index is 5.27. The Bertz CT molecular complexity index is 694. The zero-order valence-electron chi connectivity index (χ0n) is 12.0. The number of ether oxygens (including phenoxy) is 1. The summed E-state index contributed by atoms with van der Waals surface area (Å²) in [6, 6.07) is 20.7. The number of imidazole rings is 1. The summed E-state index contributed by atoms with van der Waals surface area (Å²) in [5.41, 5.74) is 4.37. The Balaban J connectivity index is 1.73. The number of benzene rings is 2. The predicted octanol–water partition coefficient (Wildman–Crippen LogP) is 4.23. The first-order valence-electron chi connectivity index (χ1n) is 7.35. The van der Waals surface area contributed by atoms with Gasteiger partial charge < -0.3 is 9.72 Å². The zero-order chi connectivity index (χ0) is 14.8. The molecule has 1 aliphatic rings. The van der Waals surface area contributed by atoms with Crippen LogP contribution in [-0.4, -0.2) is 28.4 Å². The maximum Gasteiger partial charge on any atom is 0.166 e. The van der Waals surface area contributed by atoms with Gasteiger partial charge >= 0.3 is 0 Å². The van der Waals surface area contributed by atoms with E-state index in [0.29, 0.717) is 6.10 Å². The van der Waals surface area contributed by atoms with Crippen LogP contribution in [0.15, 0.2) is 65.8 Å². The Morgan fingerprint density at radius 2 is 1.64 bits per heavy atom. The number of hydrogen-bond acceptors (Lipinski definition) is 3. The minimum Gasteiger partial charge on any atom is -0.372 e. The Labute approximate surface area is 133 Å². The minimum atomic E-state index is 0.399. The summed E-state index contributed by atoms with van der Waals surface area (Å²) in [7, 11) is 0. The Kier molecular flexibility index (Phi) is 3.70. The average molecular weight is 308 g/mol. The first-order valence-corrected chi connectivity index (χ1v) is 8.34. The fourth-order valence-corrected chi connectivity index (χ4v) is 3.24. The molecule has 2 heterocycles. The lowest BCUT2D eigenvalue weighted by atomic mass is 10.1. The van der Waals surface area contributed by atoms with Gasteiger partial charge in [0.2, 0.25) is 0 Å². The van der Waals surface area contributed by atoms with Gasteiger partial charge in [-0.25, -0.2) is 4.98 Å². The van der Waals surface area contributed by atoms with E-state index in [0.717, 1.165) is 40.0 Å². The van der Waals surface area contributed by atoms with Crippen molar-refractivity contribution in [2.45, 2.75) is 11.3 Å². The summed E-state index contributed by atoms with van der Waals surface area (Å²) in [6.07, 6.45) is 0.399. The number of nitrogens with one attached hydrogen (secondary N) is 1. The Morgan fingerprint density at radius 3 is 2.27 bits per heavy atom. The van der Waals surface area contributed by atoms with Crippen LogP contribution in [0.1, 0.15) is 0 Å². The first-order chi connectivity index (χ1) is 10.9. The van der Waals surface area contributed by atoms with E-state index in [-0.39, 0.29) is 0 Å². The third kappa shape index (κ3) is 2.93. The number of thioether (sulfide) groups is 1. The zero-order valence-corrected chi connectivity index (χ0v) is 12.8. The first kappa shape index (κ1) is 13.6. The van der Waals surface area contributed by atoms with Crippen molar-refractivity contribution in [2.24, 2.45) is 0 Å². The van der Waals surface area contributed by atoms with Gasteiger partial charge in [0.15, 0.2) is 5.16 Å². The van der Waals surface area contributed by atoms with Crippen molar-refractivity contribution in [3.05, 3.63) is 60.7 Å². The quantitative estimate of drug-likeness (QED) is 0.566. The SMILES string of the molecule is c1ccc(-c2nc(SCC3CO3)[nH]c2-c2ccccc2)cc1. The number of aromatic nitrogens is 2. The van der Waals surface area contributed by atoms with Gasteiger partial charge in [-0.15, -0.1) is 0 Å². The lowest BCUT2D eigenvalue weighted by Gasteiger charge is -2.02. The van der Waals surface area contributed by atoms with E-state index in [1.807, 2.05) is 24.3 Å². The van der Waals surface area contributed by atoms with Crippen molar-refractivity contribution in [3.63, 3.8) is 0 Å². The second-order valence-corrected chi connectivity index (χ2v) is 6.27. The van der Waals surface area contributed by atoms with Gasteiger partial charge in [-0.2, -0.15) is 0 Å². The minimum absolute atomic E-state index is 0.399. The lowest BCUT2D eigenvalue weighted by molar-refractivity contribution is 0.426. The highest BCUT2D eigenvalue weighted by molar-refractivity contribution is 7.99. The van der Waals surface area contributed by atoms with Gasteiger partial charge in [0.05, 0.1) is 24.1 Å². The third-order valence-corrected chi connectivity index (χ3v) is 4.61. The van der Waals surface area contributed by atoms with Gasteiger partial charge in [-0.3, -0.25) is 0 Å². The van der Waals surface area contributed by atoms with E-state index in [1.54, 1.807) is 11.8 Å². The van der Waals surface area contributed by atoms with E-state index in [2.05, 4.69) is 41.4 Å². The molecule has 1 fully saturated rings. The molecule has 0 spiro atoms. The van der Waals surface area contributed by atoms with Crippen molar-refractivity contribution in [1.29, 1.82) is 0 Å². The summed E-state index contributed by atoms with van der Waals surface area (Å²) in [4.78, 5) is 8.28. The fraction of sp³-hybridized carbons (Fsp3) is 0.167. The largest absolute Gasteiger partial charge is 0.372 e. The van der Waals surface area contributed by atoms with Gasteiger partial charge in [0.1, 0.15) is 0 Å². The van der Waals surface area contributed by atoms with E-state index in [9.17, 15) is 0 Å². The number of nitrogens with zero attached hydrogens (tertiary/aromatic N) is 1. The number of H-pyrrole nitrogens is 1. The van der Waals surface area contributed by atoms with Crippen LogP contribution in [0.3, 0.4) is 0 Å². The van der Waals surface area contributed by atoms with Crippen LogP contribution in [0, 0.1) is 0 Å². The molecule has 2 aromatic carbocycles. The van der Waals surface area contributed by atoms with E-state index < -0.39 is 0 Å². The van der Waals surface area contributed by atoms with E-state index in [1.165, 1.54) is 0 Å². The van der Waals surface area contributed by atoms with Crippen LogP contribution in [-0.2, 0) is 4.74 Å². The summed E-state index contributed by atoms with van der Waals surface area (Å²) in [6.45, 7) is 0.880. The molecule has 0 amide bonds. The smallest absolute Gasteiger partial charge is 0.166 e. The van der Waals surface area contributed by atoms with E-state index >= 15 is 0 Å². The molecule has 4 heteroatoms. The van der Waals surface area contributed by atoms with Gasteiger partial charge in [0.25, 0.3) is 0 Å². The number of rotatable bonds is 5. The van der Waals surface area contributed by atoms with Crippen LogP contribution in [0.4, 0.5) is 0 Å². The molecular weight excluding hydrogens is 292 g/mol. The van der Waals surface area contributed by atoms with Crippen molar-refractivity contribution in [2.75, 3.05) is 12.4 Å². The fourth-order valence-electron chi connectivity index (χ4n) is 2.37. The van der Waals surface area contributed by atoms with Crippen molar-refractivity contribution >= 4 is 11.8 Å². The number of hydrogen-bond donors (Lipinski definition) is 1. The summed E-state index contributed by atoms with van der Waals surface area (Å²) in [5.74, 6) is 0.954. The highest BCUT2D eigenvalue weighted by Gasteiger charge is 2.23. The number of aromatic amines is 1. The molecule has 110 valence electrons. The summed E-state index contributed by atoms with van der Waals surface area (Å²) < 4.78 is 5.27. The highest BCUT2D eigenvalue weighted by Crippen LogP contribution is 2.33. The van der Waals surface area contributed by atoms with Crippen molar-refractivity contribution in [3.8, 4) is 22.5 Å². The molecule has 1 N–H and O–H groups in total. The van der Waals surface area contributed by atoms with Crippen LogP contribution in [0.2, 0.25) is 0 Å². The van der Waals surface area contributed by atoms with Crippen molar-refractivity contribution < 1.29 is 4.74 Å². The molecular formula is C18H16N2OS. The molecule has 22 heavy (non-hydrogen) atoms. The topological polar surface area (TPSA) is 41.2 Å². The molecule has 3 aromatic rings. The van der Waals surface area contributed by atoms with Gasteiger partial charge in [-0.05, 0) is 0 Å². The van der Waals surface area contributed by atoms with Crippen LogP contribution in [0.5, 0.6) is 0 Å². The number of epoxide rings is 1. The second-order valence-electron chi connectivity index (χ2n) is 5.26. The highest BCUT2D eigenvalue weighted by atomic mass is 32.2. The molecule has 0 aliphatic carbocycles. The molecule has 1 aromatic heterocycles. The molecule has 4 rings (SSSR count). The molecule has 1 unspecified atom stereocenters. The standard InChI is InChI=1S/C18H16N2OS/c1-3-7-13(8-4-1)16-17(14-9-5-2-6-10-14)20-18(19-16)22-12-15-11-21-15/h1-10,15H,11-12H2,(H,19,20). The summed E-state index contributed by atoms with van der Waals surface area (Å²) in [5, 5.41) is 0.952.